The van der Waals surface area contributed by atoms with Crippen molar-refractivity contribution in [2.45, 2.75) is 29.7 Å². The number of benzene rings is 1. The predicted octanol–water partition coefficient (Wildman–Crippen LogP) is 2.00. The molecule has 1 aliphatic heterocycles. The minimum Gasteiger partial charge on any atom is -0.497 e. The molecule has 2 unspecified atom stereocenters. The number of thiophene rings is 1. The average molecular weight is 441 g/mol. The Hall–Kier alpha value is -1.98. The third-order valence-corrected chi connectivity index (χ3v) is 8.00. The number of methoxy groups -OCH3 is 2. The number of amides is 1. The van der Waals surface area contributed by atoms with Gasteiger partial charge in [0.15, 0.2) is 0 Å². The van der Waals surface area contributed by atoms with Gasteiger partial charge in [-0.2, -0.15) is 4.31 Å². The highest BCUT2D eigenvalue weighted by Gasteiger charge is 2.44. The lowest BCUT2D eigenvalue weighted by atomic mass is 9.89. The molecule has 2 heterocycles. The monoisotopic (exact) mass is 440 g/mol. The van der Waals surface area contributed by atoms with Gasteiger partial charge in [-0.3, -0.25) is 10.0 Å². The molecule has 0 radical (unpaired) electrons. The van der Waals surface area contributed by atoms with Crippen molar-refractivity contribution in [3.8, 4) is 5.75 Å². The SMILES string of the molecule is COCCC1c2ccsc2CCN(S(=O)(=O)c2ccc(OC)cc2)C1C(=O)NO. The summed E-state index contributed by atoms with van der Waals surface area (Å²) in [5, 5.41) is 11.3. The lowest BCUT2D eigenvalue weighted by molar-refractivity contribution is -0.134. The molecule has 2 aromatic rings. The van der Waals surface area contributed by atoms with E-state index in [1.165, 1.54) is 34.9 Å². The van der Waals surface area contributed by atoms with Gasteiger partial charge in [0.25, 0.3) is 5.91 Å². The second-order valence-corrected chi connectivity index (χ2v) is 9.54. The van der Waals surface area contributed by atoms with Gasteiger partial charge in [0.05, 0.1) is 12.0 Å². The predicted molar refractivity (Wildman–Crippen MR) is 108 cm³/mol. The molecule has 2 N–H and O–H groups in total. The Balaban J connectivity index is 2.07. The van der Waals surface area contributed by atoms with E-state index in [1.807, 2.05) is 11.4 Å². The van der Waals surface area contributed by atoms with E-state index in [1.54, 1.807) is 24.7 Å². The van der Waals surface area contributed by atoms with E-state index in [9.17, 15) is 18.4 Å². The van der Waals surface area contributed by atoms with Gasteiger partial charge < -0.3 is 9.47 Å². The van der Waals surface area contributed by atoms with Crippen LogP contribution in [0.5, 0.6) is 5.75 Å². The number of hydrogen-bond donors (Lipinski definition) is 2. The number of hydroxylamine groups is 1. The van der Waals surface area contributed by atoms with E-state index in [0.29, 0.717) is 25.2 Å². The summed E-state index contributed by atoms with van der Waals surface area (Å²) in [7, 11) is -0.946. The minimum atomic E-state index is -4.00. The summed E-state index contributed by atoms with van der Waals surface area (Å²) >= 11 is 1.54. The van der Waals surface area contributed by atoms with Crippen molar-refractivity contribution in [2.75, 3.05) is 27.4 Å². The van der Waals surface area contributed by atoms with Crippen LogP contribution in [0.1, 0.15) is 22.8 Å². The van der Waals surface area contributed by atoms with Crippen molar-refractivity contribution < 1.29 is 27.9 Å². The Morgan fingerprint density at radius 2 is 2.00 bits per heavy atom. The summed E-state index contributed by atoms with van der Waals surface area (Å²) in [6.07, 6.45) is 0.925. The molecule has 29 heavy (non-hydrogen) atoms. The first-order valence-electron chi connectivity index (χ1n) is 9.09. The zero-order chi connectivity index (χ0) is 21.0. The highest BCUT2D eigenvalue weighted by atomic mass is 32.2. The average Bonchev–Trinajstić information content (AvgIpc) is 3.14. The quantitative estimate of drug-likeness (QED) is 0.504. The van der Waals surface area contributed by atoms with E-state index in [2.05, 4.69) is 0 Å². The van der Waals surface area contributed by atoms with Crippen molar-refractivity contribution in [3.63, 3.8) is 0 Å². The number of nitrogens with zero attached hydrogens (tertiary/aromatic N) is 1. The second kappa shape index (κ2) is 9.23. The van der Waals surface area contributed by atoms with Gasteiger partial charge in [0, 0.05) is 31.1 Å². The summed E-state index contributed by atoms with van der Waals surface area (Å²) in [6.45, 7) is 0.481. The lowest BCUT2D eigenvalue weighted by Crippen LogP contribution is -2.51. The summed E-state index contributed by atoms with van der Waals surface area (Å²) < 4.78 is 38.4. The normalized spacial score (nSPS) is 20.0. The molecule has 1 aliphatic rings. The number of carbonyl (C=O) groups is 1. The molecule has 158 valence electrons. The molecule has 1 amide bonds. The van der Waals surface area contributed by atoms with Crippen LogP contribution in [0.2, 0.25) is 0 Å². The Kier molecular flexibility index (Phi) is 6.91. The van der Waals surface area contributed by atoms with Crippen LogP contribution in [0, 0.1) is 0 Å². The van der Waals surface area contributed by atoms with Crippen LogP contribution in [0.3, 0.4) is 0 Å². The fourth-order valence-corrected chi connectivity index (χ4v) is 6.26. The zero-order valence-electron chi connectivity index (χ0n) is 16.2. The molecule has 10 heteroatoms. The maximum Gasteiger partial charge on any atom is 0.262 e. The highest BCUT2D eigenvalue weighted by Crippen LogP contribution is 2.38. The second-order valence-electron chi connectivity index (χ2n) is 6.65. The summed E-state index contributed by atoms with van der Waals surface area (Å²) in [5.41, 5.74) is 2.59. The van der Waals surface area contributed by atoms with Crippen LogP contribution in [0.4, 0.5) is 0 Å². The van der Waals surface area contributed by atoms with Gasteiger partial charge in [-0.05, 0) is 54.1 Å². The maximum atomic E-state index is 13.5. The van der Waals surface area contributed by atoms with E-state index in [4.69, 9.17) is 9.47 Å². The van der Waals surface area contributed by atoms with Gasteiger partial charge in [0.1, 0.15) is 11.8 Å². The van der Waals surface area contributed by atoms with Crippen molar-refractivity contribution in [1.29, 1.82) is 0 Å². The van der Waals surface area contributed by atoms with Gasteiger partial charge in [-0.15, -0.1) is 11.3 Å². The Morgan fingerprint density at radius 1 is 1.28 bits per heavy atom. The van der Waals surface area contributed by atoms with Crippen LogP contribution < -0.4 is 10.2 Å². The fraction of sp³-hybridized carbons (Fsp3) is 0.421. The fourth-order valence-electron chi connectivity index (χ4n) is 3.70. The molecule has 3 rings (SSSR count). The number of rotatable bonds is 7. The van der Waals surface area contributed by atoms with Crippen LogP contribution >= 0.6 is 11.3 Å². The molecule has 0 fully saturated rings. The molecular formula is C19H24N2O6S2. The number of carbonyl (C=O) groups excluding carboxylic acids is 1. The number of ether oxygens (including phenoxy) is 2. The molecule has 1 aromatic heterocycles. The topological polar surface area (TPSA) is 105 Å². The molecule has 0 saturated heterocycles. The molecular weight excluding hydrogens is 416 g/mol. The third kappa shape index (κ3) is 4.31. The van der Waals surface area contributed by atoms with E-state index in [-0.39, 0.29) is 11.4 Å². The smallest absolute Gasteiger partial charge is 0.262 e. The van der Waals surface area contributed by atoms with Crippen LogP contribution in [-0.4, -0.2) is 57.3 Å². The van der Waals surface area contributed by atoms with E-state index >= 15 is 0 Å². The highest BCUT2D eigenvalue weighted by molar-refractivity contribution is 7.89. The summed E-state index contributed by atoms with van der Waals surface area (Å²) in [4.78, 5) is 13.8. The zero-order valence-corrected chi connectivity index (χ0v) is 17.8. The van der Waals surface area contributed by atoms with Crippen molar-refractivity contribution >= 4 is 27.3 Å². The van der Waals surface area contributed by atoms with Crippen molar-refractivity contribution in [3.05, 3.63) is 46.2 Å². The molecule has 0 saturated carbocycles. The van der Waals surface area contributed by atoms with Crippen LogP contribution in [0.15, 0.2) is 40.6 Å². The number of fused-ring (bicyclic) bond motifs is 1. The van der Waals surface area contributed by atoms with E-state index in [0.717, 1.165) is 10.4 Å². The summed E-state index contributed by atoms with van der Waals surface area (Å²) in [6, 6.07) is 6.84. The first kappa shape index (κ1) is 21.7. The van der Waals surface area contributed by atoms with Crippen molar-refractivity contribution in [1.82, 2.24) is 9.79 Å². The first-order valence-corrected chi connectivity index (χ1v) is 11.4. The Bertz CT molecular complexity index is 942. The van der Waals surface area contributed by atoms with Crippen LogP contribution in [-0.2, 0) is 26.0 Å². The molecule has 0 aliphatic carbocycles. The maximum absolute atomic E-state index is 13.5. The third-order valence-electron chi connectivity index (χ3n) is 5.11. The summed E-state index contributed by atoms with van der Waals surface area (Å²) in [5.74, 6) is -0.675. The molecule has 0 bridgehead atoms. The number of nitrogens with one attached hydrogen (secondary N) is 1. The van der Waals surface area contributed by atoms with Gasteiger partial charge in [0.2, 0.25) is 10.0 Å². The standard InChI is InChI=1S/C19H24N2O6S2/c1-26-11-8-16-15-9-12-28-17(15)7-10-21(18(16)19(22)20-23)29(24,25)14-5-3-13(27-2)4-6-14/h3-6,9,12,16,18,23H,7-8,10-11H2,1-2H3,(H,20,22). The van der Waals surface area contributed by atoms with Crippen LogP contribution in [0.25, 0.3) is 0 Å². The van der Waals surface area contributed by atoms with Gasteiger partial charge >= 0.3 is 0 Å². The Labute approximate surface area is 174 Å². The molecule has 1 aromatic carbocycles. The minimum absolute atomic E-state index is 0.0600. The number of hydrogen-bond acceptors (Lipinski definition) is 7. The van der Waals surface area contributed by atoms with Gasteiger partial charge in [-0.1, -0.05) is 0 Å². The van der Waals surface area contributed by atoms with Crippen molar-refractivity contribution in [2.24, 2.45) is 0 Å². The van der Waals surface area contributed by atoms with E-state index < -0.39 is 27.9 Å². The molecule has 8 nitrogen and oxygen atoms in total. The molecule has 2 atom stereocenters. The van der Waals surface area contributed by atoms with Gasteiger partial charge in [-0.25, -0.2) is 13.9 Å². The molecule has 0 spiro atoms. The largest absolute Gasteiger partial charge is 0.497 e. The first-order chi connectivity index (χ1) is 13.9. The number of sulfonamides is 1. The lowest BCUT2D eigenvalue weighted by Gasteiger charge is -2.32. The Morgan fingerprint density at radius 3 is 2.62 bits per heavy atom.